The fourth-order valence-corrected chi connectivity index (χ4v) is 3.21. The number of carbonyl (C=O) groups excluding carboxylic acids is 2. The van der Waals surface area contributed by atoms with Gasteiger partial charge in [-0.2, -0.15) is 0 Å². The summed E-state index contributed by atoms with van der Waals surface area (Å²) in [5.41, 5.74) is 1.16. The maximum Gasteiger partial charge on any atom is 0.321 e. The standard InChI is InChI=1S/C17H21N5O2S/c1-2-18-16(24)19-14(23)11-25-17-21-20-15(13-8-9-13)22(17)10-12-6-4-3-5-7-12/h3-7,13H,2,8-11H2,1H3,(H2,18,19,23,24). The number of imide groups is 1. The molecule has 8 heteroatoms. The molecule has 0 aliphatic heterocycles. The smallest absolute Gasteiger partial charge is 0.321 e. The van der Waals surface area contributed by atoms with Gasteiger partial charge in [0.15, 0.2) is 5.16 Å². The number of amides is 3. The van der Waals surface area contributed by atoms with E-state index in [1.54, 1.807) is 6.92 Å². The highest BCUT2D eigenvalue weighted by atomic mass is 32.2. The van der Waals surface area contributed by atoms with Crippen LogP contribution in [0.1, 0.15) is 37.1 Å². The van der Waals surface area contributed by atoms with Crippen molar-refractivity contribution in [3.8, 4) is 0 Å². The SMILES string of the molecule is CCNC(=O)NC(=O)CSc1nnc(C2CC2)n1Cc1ccccc1. The lowest BCUT2D eigenvalue weighted by molar-refractivity contribution is -0.117. The van der Waals surface area contributed by atoms with Crippen molar-refractivity contribution in [1.82, 2.24) is 25.4 Å². The number of nitrogens with one attached hydrogen (secondary N) is 2. The summed E-state index contributed by atoms with van der Waals surface area (Å²) in [4.78, 5) is 23.3. The van der Waals surface area contributed by atoms with Crippen molar-refractivity contribution >= 4 is 23.7 Å². The summed E-state index contributed by atoms with van der Waals surface area (Å²) in [6, 6.07) is 9.64. The zero-order valence-electron chi connectivity index (χ0n) is 14.1. The Morgan fingerprint density at radius 1 is 1.24 bits per heavy atom. The average Bonchev–Trinajstić information content (AvgIpc) is 3.36. The first-order valence-corrected chi connectivity index (χ1v) is 9.33. The Labute approximate surface area is 150 Å². The van der Waals surface area contributed by atoms with Crippen molar-refractivity contribution in [2.45, 2.75) is 37.4 Å². The van der Waals surface area contributed by atoms with E-state index < -0.39 is 6.03 Å². The molecule has 1 aromatic carbocycles. The van der Waals surface area contributed by atoms with Crippen LogP contribution in [0.3, 0.4) is 0 Å². The van der Waals surface area contributed by atoms with Crippen molar-refractivity contribution in [2.75, 3.05) is 12.3 Å². The van der Waals surface area contributed by atoms with Crippen LogP contribution in [0, 0.1) is 0 Å². The highest BCUT2D eigenvalue weighted by Crippen LogP contribution is 2.40. The van der Waals surface area contributed by atoms with Crippen LogP contribution in [0.2, 0.25) is 0 Å². The molecule has 1 fully saturated rings. The molecule has 7 nitrogen and oxygen atoms in total. The normalized spacial score (nSPS) is 13.5. The molecule has 1 aliphatic carbocycles. The van der Waals surface area contributed by atoms with Gasteiger partial charge in [-0.1, -0.05) is 42.1 Å². The van der Waals surface area contributed by atoms with Crippen LogP contribution in [0.25, 0.3) is 0 Å². The zero-order chi connectivity index (χ0) is 17.6. The van der Waals surface area contributed by atoms with Crippen LogP contribution < -0.4 is 10.6 Å². The molecule has 132 valence electrons. The van der Waals surface area contributed by atoms with Gasteiger partial charge in [0.05, 0.1) is 12.3 Å². The van der Waals surface area contributed by atoms with Gasteiger partial charge >= 0.3 is 6.03 Å². The second-order valence-electron chi connectivity index (χ2n) is 5.88. The van der Waals surface area contributed by atoms with Crippen molar-refractivity contribution < 1.29 is 9.59 Å². The van der Waals surface area contributed by atoms with E-state index in [1.165, 1.54) is 11.8 Å². The van der Waals surface area contributed by atoms with Gasteiger partial charge in [0, 0.05) is 12.5 Å². The van der Waals surface area contributed by atoms with E-state index in [9.17, 15) is 9.59 Å². The Hall–Kier alpha value is -2.35. The lowest BCUT2D eigenvalue weighted by atomic mass is 10.2. The van der Waals surface area contributed by atoms with Crippen molar-refractivity contribution in [3.63, 3.8) is 0 Å². The zero-order valence-corrected chi connectivity index (χ0v) is 14.9. The Balaban J connectivity index is 1.67. The molecule has 0 saturated heterocycles. The molecule has 2 aromatic rings. The third kappa shape index (κ3) is 4.82. The number of urea groups is 1. The fourth-order valence-electron chi connectivity index (χ4n) is 2.46. The monoisotopic (exact) mass is 359 g/mol. The van der Waals surface area contributed by atoms with Gasteiger partial charge in [0.1, 0.15) is 5.82 Å². The number of hydrogen-bond donors (Lipinski definition) is 2. The van der Waals surface area contributed by atoms with E-state index in [4.69, 9.17) is 0 Å². The third-order valence-corrected chi connectivity index (χ3v) is 4.76. The highest BCUT2D eigenvalue weighted by molar-refractivity contribution is 7.99. The maximum absolute atomic E-state index is 11.9. The Bertz CT molecular complexity index is 743. The van der Waals surface area contributed by atoms with Crippen LogP contribution in [0.5, 0.6) is 0 Å². The molecule has 0 unspecified atom stereocenters. The van der Waals surface area contributed by atoms with Crippen molar-refractivity contribution in [2.24, 2.45) is 0 Å². The molecule has 3 amide bonds. The van der Waals surface area contributed by atoms with Crippen LogP contribution in [-0.2, 0) is 11.3 Å². The summed E-state index contributed by atoms with van der Waals surface area (Å²) < 4.78 is 2.08. The van der Waals surface area contributed by atoms with Crippen molar-refractivity contribution in [1.29, 1.82) is 0 Å². The van der Waals surface area contributed by atoms with Gasteiger partial charge in [-0.3, -0.25) is 10.1 Å². The molecule has 1 saturated carbocycles. The summed E-state index contributed by atoms with van der Waals surface area (Å²) in [6.45, 7) is 2.95. The summed E-state index contributed by atoms with van der Waals surface area (Å²) >= 11 is 1.30. The molecule has 1 aromatic heterocycles. The first-order chi connectivity index (χ1) is 12.2. The quantitative estimate of drug-likeness (QED) is 0.740. The average molecular weight is 359 g/mol. The number of aromatic nitrogens is 3. The highest BCUT2D eigenvalue weighted by Gasteiger charge is 2.30. The Morgan fingerprint density at radius 3 is 2.68 bits per heavy atom. The summed E-state index contributed by atoms with van der Waals surface area (Å²) in [5.74, 6) is 1.22. The Morgan fingerprint density at radius 2 is 2.00 bits per heavy atom. The van der Waals surface area contributed by atoms with E-state index in [0.717, 1.165) is 24.2 Å². The first-order valence-electron chi connectivity index (χ1n) is 8.35. The van der Waals surface area contributed by atoms with Gasteiger partial charge in [-0.15, -0.1) is 10.2 Å². The topological polar surface area (TPSA) is 88.9 Å². The van der Waals surface area contributed by atoms with E-state index >= 15 is 0 Å². The molecule has 0 atom stereocenters. The van der Waals surface area contributed by atoms with E-state index in [-0.39, 0.29) is 11.7 Å². The molecule has 2 N–H and O–H groups in total. The van der Waals surface area contributed by atoms with Gasteiger partial charge in [0.25, 0.3) is 0 Å². The minimum atomic E-state index is -0.475. The summed E-state index contributed by atoms with van der Waals surface area (Å²) in [6.07, 6.45) is 2.27. The number of hydrogen-bond acceptors (Lipinski definition) is 5. The molecular formula is C17H21N5O2S. The minimum absolute atomic E-state index is 0.120. The predicted molar refractivity (Wildman–Crippen MR) is 95.5 cm³/mol. The fraction of sp³-hybridized carbons (Fsp3) is 0.412. The van der Waals surface area contributed by atoms with E-state index in [0.29, 0.717) is 24.2 Å². The summed E-state index contributed by atoms with van der Waals surface area (Å²) in [7, 11) is 0. The van der Waals surface area contributed by atoms with E-state index in [1.807, 2.05) is 18.2 Å². The predicted octanol–water partition coefficient (Wildman–Crippen LogP) is 2.14. The molecule has 0 bridgehead atoms. The molecule has 0 spiro atoms. The largest absolute Gasteiger partial charge is 0.338 e. The van der Waals surface area contributed by atoms with Crippen LogP contribution in [0.4, 0.5) is 4.79 Å². The molecule has 1 aliphatic rings. The van der Waals surface area contributed by atoms with Crippen molar-refractivity contribution in [3.05, 3.63) is 41.7 Å². The minimum Gasteiger partial charge on any atom is -0.338 e. The lowest BCUT2D eigenvalue weighted by Gasteiger charge is -2.10. The number of nitrogens with zero attached hydrogens (tertiary/aromatic N) is 3. The number of rotatable bonds is 7. The molecule has 0 radical (unpaired) electrons. The second kappa shape index (κ2) is 8.15. The lowest BCUT2D eigenvalue weighted by Crippen LogP contribution is -2.40. The molecule has 3 rings (SSSR count). The van der Waals surface area contributed by atoms with Crippen LogP contribution in [-0.4, -0.2) is 39.0 Å². The van der Waals surface area contributed by atoms with Gasteiger partial charge in [-0.25, -0.2) is 4.79 Å². The number of carbonyl (C=O) groups is 2. The van der Waals surface area contributed by atoms with Crippen LogP contribution >= 0.6 is 11.8 Å². The molecular weight excluding hydrogens is 338 g/mol. The summed E-state index contributed by atoms with van der Waals surface area (Å²) in [5, 5.41) is 14.1. The van der Waals surface area contributed by atoms with E-state index in [2.05, 4.69) is 37.5 Å². The number of thioether (sulfide) groups is 1. The van der Waals surface area contributed by atoms with Gasteiger partial charge in [-0.05, 0) is 25.3 Å². The maximum atomic E-state index is 11.9. The molecule has 25 heavy (non-hydrogen) atoms. The molecule has 1 heterocycles. The second-order valence-corrected chi connectivity index (χ2v) is 6.83. The first kappa shape index (κ1) is 17.5. The number of benzene rings is 1. The Kier molecular flexibility index (Phi) is 5.70. The third-order valence-electron chi connectivity index (χ3n) is 3.79. The van der Waals surface area contributed by atoms with Gasteiger partial charge in [0.2, 0.25) is 5.91 Å². The van der Waals surface area contributed by atoms with Crippen LogP contribution in [0.15, 0.2) is 35.5 Å². The van der Waals surface area contributed by atoms with Gasteiger partial charge < -0.3 is 9.88 Å².